The van der Waals surface area contributed by atoms with Crippen LogP contribution in [0.15, 0.2) is 65.5 Å². The number of carbonyl (C=O) groups is 1. The second kappa shape index (κ2) is 6.07. The van der Waals surface area contributed by atoms with Gasteiger partial charge >= 0.3 is 0 Å². The summed E-state index contributed by atoms with van der Waals surface area (Å²) in [5.74, 6) is 0.411. The zero-order valence-corrected chi connectivity index (χ0v) is 15.3. The van der Waals surface area contributed by atoms with E-state index >= 15 is 0 Å². The first kappa shape index (κ1) is 16.8. The molecule has 2 N–H and O–H groups in total. The maximum absolute atomic E-state index is 12.4. The van der Waals surface area contributed by atoms with Crippen molar-refractivity contribution in [3.63, 3.8) is 0 Å². The molecule has 0 radical (unpaired) electrons. The topological polar surface area (TPSA) is 82.4 Å². The fourth-order valence-electron chi connectivity index (χ4n) is 3.87. The number of aromatic nitrogens is 2. The third kappa shape index (κ3) is 2.46. The SMILES string of the molecule is CN1CC[C@@](O)(c2cccc(-c3cc(-c4c[nH]c5ncccc45)co3)c2)C1=O. The van der Waals surface area contributed by atoms with Crippen LogP contribution in [0.3, 0.4) is 0 Å². The van der Waals surface area contributed by atoms with Gasteiger partial charge in [0.1, 0.15) is 11.4 Å². The number of nitrogens with one attached hydrogen (secondary N) is 1. The molecule has 0 aliphatic carbocycles. The fourth-order valence-corrected chi connectivity index (χ4v) is 3.87. The summed E-state index contributed by atoms with van der Waals surface area (Å²) in [6.07, 6.45) is 5.76. The van der Waals surface area contributed by atoms with Crippen molar-refractivity contribution in [2.75, 3.05) is 13.6 Å². The first-order chi connectivity index (χ1) is 13.6. The molecule has 1 amide bonds. The number of likely N-dealkylation sites (N-methyl/N-ethyl adjacent to an activating group) is 1. The summed E-state index contributed by atoms with van der Waals surface area (Å²) in [6, 6.07) is 13.2. The largest absolute Gasteiger partial charge is 0.464 e. The lowest BCUT2D eigenvalue weighted by Gasteiger charge is -2.21. The van der Waals surface area contributed by atoms with Crippen LogP contribution >= 0.6 is 0 Å². The van der Waals surface area contributed by atoms with Gasteiger partial charge in [0.05, 0.1) is 6.26 Å². The Balaban J connectivity index is 1.52. The number of nitrogens with zero attached hydrogens (tertiary/aromatic N) is 2. The molecule has 1 aliphatic rings. The maximum atomic E-state index is 12.4. The molecule has 6 heteroatoms. The standard InChI is InChI=1S/C22H19N3O3/c1-25-9-7-22(27,21(25)26)16-5-2-4-14(10-16)19-11-15(13-28-19)18-12-24-20-17(18)6-3-8-23-20/h2-6,8,10-13,27H,7,9H2,1H3,(H,23,24)/t22-/m1/s1. The Morgan fingerprint density at radius 2 is 2.11 bits per heavy atom. The Kier molecular flexibility index (Phi) is 3.64. The number of likely N-dealkylation sites (tertiary alicyclic amines) is 1. The Bertz CT molecular complexity index is 1190. The van der Waals surface area contributed by atoms with Crippen molar-refractivity contribution >= 4 is 16.9 Å². The second-order valence-electron chi connectivity index (χ2n) is 7.22. The average molecular weight is 373 g/mol. The third-order valence-electron chi connectivity index (χ3n) is 5.50. The van der Waals surface area contributed by atoms with Gasteiger partial charge in [-0.3, -0.25) is 4.79 Å². The van der Waals surface area contributed by atoms with Gasteiger partial charge in [-0.05, 0) is 29.8 Å². The molecule has 0 saturated carbocycles. The van der Waals surface area contributed by atoms with Crippen LogP contribution in [0, 0.1) is 0 Å². The number of H-pyrrole nitrogens is 1. The molecule has 1 aromatic carbocycles. The molecule has 1 atom stereocenters. The number of carbonyl (C=O) groups excluding carboxylic acids is 1. The lowest BCUT2D eigenvalue weighted by atomic mass is 9.90. The van der Waals surface area contributed by atoms with Gasteiger partial charge in [0.2, 0.25) is 0 Å². The molecule has 0 unspecified atom stereocenters. The number of hydrogen-bond acceptors (Lipinski definition) is 4. The minimum atomic E-state index is -1.47. The summed E-state index contributed by atoms with van der Waals surface area (Å²) in [5.41, 5.74) is 2.72. The van der Waals surface area contributed by atoms with Crippen LogP contribution < -0.4 is 0 Å². The van der Waals surface area contributed by atoms with Crippen LogP contribution in [0.25, 0.3) is 33.5 Å². The molecular formula is C22H19N3O3. The van der Waals surface area contributed by atoms with Crippen LogP contribution in [0.2, 0.25) is 0 Å². The number of aliphatic hydroxyl groups is 1. The van der Waals surface area contributed by atoms with E-state index in [0.717, 1.165) is 27.7 Å². The lowest BCUT2D eigenvalue weighted by Crippen LogP contribution is -2.36. The van der Waals surface area contributed by atoms with Crippen LogP contribution in [0.4, 0.5) is 0 Å². The first-order valence-corrected chi connectivity index (χ1v) is 9.16. The molecule has 1 aliphatic heterocycles. The molecule has 6 nitrogen and oxygen atoms in total. The monoisotopic (exact) mass is 373 g/mol. The Morgan fingerprint density at radius 1 is 1.21 bits per heavy atom. The van der Waals surface area contributed by atoms with Gasteiger partial charge in [-0.25, -0.2) is 4.98 Å². The van der Waals surface area contributed by atoms with E-state index in [1.807, 2.05) is 42.6 Å². The summed E-state index contributed by atoms with van der Waals surface area (Å²) in [6.45, 7) is 0.541. The number of aromatic amines is 1. The molecule has 0 spiro atoms. The number of amides is 1. The van der Waals surface area contributed by atoms with Gasteiger partial charge in [-0.1, -0.05) is 18.2 Å². The summed E-state index contributed by atoms with van der Waals surface area (Å²) >= 11 is 0. The molecular weight excluding hydrogens is 354 g/mol. The normalized spacial score (nSPS) is 19.6. The Hall–Kier alpha value is -3.38. The highest BCUT2D eigenvalue weighted by Gasteiger charge is 2.45. The van der Waals surface area contributed by atoms with E-state index in [0.29, 0.717) is 24.3 Å². The van der Waals surface area contributed by atoms with Crippen LogP contribution in [-0.2, 0) is 10.4 Å². The predicted molar refractivity (Wildman–Crippen MR) is 105 cm³/mol. The van der Waals surface area contributed by atoms with E-state index in [1.54, 1.807) is 30.5 Å². The molecule has 0 bridgehead atoms. The van der Waals surface area contributed by atoms with Gasteiger partial charge in [-0.2, -0.15) is 0 Å². The summed E-state index contributed by atoms with van der Waals surface area (Å²) in [5, 5.41) is 11.9. The highest BCUT2D eigenvalue weighted by atomic mass is 16.3. The number of fused-ring (bicyclic) bond motifs is 1. The molecule has 4 heterocycles. The summed E-state index contributed by atoms with van der Waals surface area (Å²) < 4.78 is 5.81. The number of rotatable bonds is 3. The minimum absolute atomic E-state index is 0.268. The van der Waals surface area contributed by atoms with E-state index in [2.05, 4.69) is 9.97 Å². The van der Waals surface area contributed by atoms with E-state index in [1.165, 1.54) is 0 Å². The van der Waals surface area contributed by atoms with Crippen molar-refractivity contribution < 1.29 is 14.3 Å². The summed E-state index contributed by atoms with van der Waals surface area (Å²) in [4.78, 5) is 21.4. The molecule has 28 heavy (non-hydrogen) atoms. The van der Waals surface area contributed by atoms with Crippen LogP contribution in [0.1, 0.15) is 12.0 Å². The second-order valence-corrected chi connectivity index (χ2v) is 7.22. The van der Waals surface area contributed by atoms with Gasteiger partial charge in [0, 0.05) is 54.5 Å². The van der Waals surface area contributed by atoms with Gasteiger partial charge in [-0.15, -0.1) is 0 Å². The average Bonchev–Trinajstić information content (AvgIpc) is 3.43. The third-order valence-corrected chi connectivity index (χ3v) is 5.50. The first-order valence-electron chi connectivity index (χ1n) is 9.16. The highest BCUT2D eigenvalue weighted by Crippen LogP contribution is 2.36. The van der Waals surface area contributed by atoms with Crippen LogP contribution in [-0.4, -0.2) is 39.5 Å². The number of benzene rings is 1. The minimum Gasteiger partial charge on any atom is -0.464 e. The van der Waals surface area contributed by atoms with Crippen molar-refractivity contribution in [2.24, 2.45) is 0 Å². The predicted octanol–water partition coefficient (Wildman–Crippen LogP) is 3.54. The van der Waals surface area contributed by atoms with Gasteiger partial charge < -0.3 is 19.4 Å². The van der Waals surface area contributed by atoms with Crippen molar-refractivity contribution in [1.29, 1.82) is 0 Å². The summed E-state index contributed by atoms with van der Waals surface area (Å²) in [7, 11) is 1.71. The molecule has 3 aromatic heterocycles. The molecule has 4 aromatic rings. The van der Waals surface area contributed by atoms with E-state index < -0.39 is 5.60 Å². The number of furan rings is 1. The van der Waals surface area contributed by atoms with Crippen LogP contribution in [0.5, 0.6) is 0 Å². The van der Waals surface area contributed by atoms with E-state index in [-0.39, 0.29) is 5.91 Å². The quantitative estimate of drug-likeness (QED) is 0.575. The van der Waals surface area contributed by atoms with Gasteiger partial charge in [0.15, 0.2) is 5.60 Å². The van der Waals surface area contributed by atoms with Crippen molar-refractivity contribution in [2.45, 2.75) is 12.0 Å². The number of hydrogen-bond donors (Lipinski definition) is 2. The van der Waals surface area contributed by atoms with E-state index in [9.17, 15) is 9.90 Å². The maximum Gasteiger partial charge on any atom is 0.258 e. The zero-order chi connectivity index (χ0) is 19.3. The molecule has 5 rings (SSSR count). The van der Waals surface area contributed by atoms with E-state index in [4.69, 9.17) is 4.42 Å². The van der Waals surface area contributed by atoms with Crippen molar-refractivity contribution in [1.82, 2.24) is 14.9 Å². The zero-order valence-electron chi connectivity index (χ0n) is 15.3. The van der Waals surface area contributed by atoms with Gasteiger partial charge in [0.25, 0.3) is 5.91 Å². The lowest BCUT2D eigenvalue weighted by molar-refractivity contribution is -0.143. The number of pyridine rings is 1. The van der Waals surface area contributed by atoms with Crippen molar-refractivity contribution in [3.8, 4) is 22.5 Å². The Labute approximate surface area is 161 Å². The smallest absolute Gasteiger partial charge is 0.258 e. The highest BCUT2D eigenvalue weighted by molar-refractivity contribution is 5.94. The van der Waals surface area contributed by atoms with Crippen molar-refractivity contribution in [3.05, 3.63) is 66.7 Å². The molecule has 140 valence electrons. The molecule has 1 fully saturated rings. The fraction of sp³-hybridized carbons (Fsp3) is 0.182. The Morgan fingerprint density at radius 3 is 2.93 bits per heavy atom. The molecule has 1 saturated heterocycles.